The lowest BCUT2D eigenvalue weighted by Gasteiger charge is -2.08. The number of aliphatic carboxylic acids is 1. The second-order valence-corrected chi connectivity index (χ2v) is 7.06. The van der Waals surface area contributed by atoms with E-state index in [2.05, 4.69) is 15.0 Å². The number of carboxylic acid groups (broad SMARTS) is 1. The molecule has 5 N–H and O–H groups in total. The SMILES string of the molecule is Cc1ccc(-c2ccc(COc3ccc(CCN=C(N)N)cc3)cn2)nc1.O=C(O)C(F)(F)F. The predicted molar refractivity (Wildman–Crippen MR) is 121 cm³/mol. The minimum absolute atomic E-state index is 0.118. The number of pyridine rings is 2. The van der Waals surface area contributed by atoms with Gasteiger partial charge >= 0.3 is 12.1 Å². The van der Waals surface area contributed by atoms with Gasteiger partial charge in [-0.1, -0.05) is 24.3 Å². The lowest BCUT2D eigenvalue weighted by atomic mass is 10.1. The van der Waals surface area contributed by atoms with Crippen molar-refractivity contribution in [2.75, 3.05) is 6.54 Å². The van der Waals surface area contributed by atoms with Crippen LogP contribution in [-0.2, 0) is 17.8 Å². The molecule has 0 spiro atoms. The average Bonchev–Trinajstić information content (AvgIpc) is 2.79. The fraction of sp³-hybridized carbons (Fsp3) is 0.217. The van der Waals surface area contributed by atoms with Gasteiger partial charge in [0.1, 0.15) is 12.4 Å². The van der Waals surface area contributed by atoms with Gasteiger partial charge in [-0.15, -0.1) is 0 Å². The topological polar surface area (TPSA) is 137 Å². The number of carbonyl (C=O) groups is 1. The summed E-state index contributed by atoms with van der Waals surface area (Å²) in [5.41, 5.74) is 15.7. The van der Waals surface area contributed by atoms with Crippen molar-refractivity contribution in [3.8, 4) is 17.1 Å². The maximum Gasteiger partial charge on any atom is 0.490 e. The van der Waals surface area contributed by atoms with Crippen LogP contribution in [0.2, 0.25) is 0 Å². The van der Waals surface area contributed by atoms with Crippen LogP contribution in [0.3, 0.4) is 0 Å². The third kappa shape index (κ3) is 9.15. The molecule has 3 aromatic rings. The Balaban J connectivity index is 0.000000509. The Labute approximate surface area is 194 Å². The monoisotopic (exact) mass is 475 g/mol. The van der Waals surface area contributed by atoms with Crippen LogP contribution >= 0.6 is 0 Å². The summed E-state index contributed by atoms with van der Waals surface area (Å²) in [6.45, 7) is 3.06. The van der Waals surface area contributed by atoms with Gasteiger partial charge < -0.3 is 21.3 Å². The van der Waals surface area contributed by atoms with E-state index in [1.165, 1.54) is 0 Å². The van der Waals surface area contributed by atoms with E-state index in [1.54, 1.807) is 0 Å². The quantitative estimate of drug-likeness (QED) is 0.351. The summed E-state index contributed by atoms with van der Waals surface area (Å²) in [4.78, 5) is 21.7. The zero-order valence-electron chi connectivity index (χ0n) is 18.3. The van der Waals surface area contributed by atoms with E-state index in [4.69, 9.17) is 26.1 Å². The Hall–Kier alpha value is -4.15. The van der Waals surface area contributed by atoms with Crippen LogP contribution in [0.4, 0.5) is 13.2 Å². The number of hydrogen-bond donors (Lipinski definition) is 3. The molecular formula is C23H24F3N5O3. The molecule has 0 aliphatic carbocycles. The molecule has 0 unspecified atom stereocenters. The molecule has 0 bridgehead atoms. The van der Waals surface area contributed by atoms with E-state index in [-0.39, 0.29) is 5.96 Å². The van der Waals surface area contributed by atoms with Crippen molar-refractivity contribution in [2.45, 2.75) is 26.1 Å². The molecule has 1 aromatic carbocycles. The number of ether oxygens (including phenoxy) is 1. The van der Waals surface area contributed by atoms with Crippen LogP contribution in [0.25, 0.3) is 11.4 Å². The minimum Gasteiger partial charge on any atom is -0.489 e. The fourth-order valence-corrected chi connectivity index (χ4v) is 2.51. The maximum atomic E-state index is 10.6. The van der Waals surface area contributed by atoms with Crippen LogP contribution < -0.4 is 16.2 Å². The predicted octanol–water partition coefficient (Wildman–Crippen LogP) is 3.48. The molecule has 0 aliphatic rings. The number of aliphatic imine (C=N–C) groups is 1. The number of carboxylic acids is 1. The summed E-state index contributed by atoms with van der Waals surface area (Å²) in [5, 5.41) is 7.12. The Morgan fingerprint density at radius 3 is 2.00 bits per heavy atom. The van der Waals surface area contributed by atoms with Gasteiger partial charge in [-0.2, -0.15) is 13.2 Å². The summed E-state index contributed by atoms with van der Waals surface area (Å²) >= 11 is 0. The van der Waals surface area contributed by atoms with Gasteiger partial charge in [-0.05, 0) is 48.7 Å². The zero-order chi connectivity index (χ0) is 25.1. The summed E-state index contributed by atoms with van der Waals surface area (Å²) < 4.78 is 37.6. The van der Waals surface area contributed by atoms with Crippen molar-refractivity contribution < 1.29 is 27.8 Å². The molecule has 0 fully saturated rings. The fourth-order valence-electron chi connectivity index (χ4n) is 2.51. The van der Waals surface area contributed by atoms with Crippen LogP contribution in [0, 0.1) is 6.92 Å². The van der Waals surface area contributed by atoms with E-state index in [0.717, 1.165) is 40.2 Å². The summed E-state index contributed by atoms with van der Waals surface area (Å²) in [6.07, 6.45) is -0.633. The largest absolute Gasteiger partial charge is 0.490 e. The normalized spacial score (nSPS) is 10.6. The molecule has 0 amide bonds. The number of nitrogens with two attached hydrogens (primary N) is 2. The molecule has 0 aliphatic heterocycles. The molecule has 3 rings (SSSR count). The van der Waals surface area contributed by atoms with E-state index in [9.17, 15) is 13.2 Å². The number of hydrogen-bond acceptors (Lipinski definition) is 5. The summed E-state index contributed by atoms with van der Waals surface area (Å²) in [6, 6.07) is 15.9. The first-order valence-electron chi connectivity index (χ1n) is 10.00. The Morgan fingerprint density at radius 2 is 1.53 bits per heavy atom. The van der Waals surface area contributed by atoms with E-state index >= 15 is 0 Å². The third-order valence-electron chi connectivity index (χ3n) is 4.26. The van der Waals surface area contributed by atoms with Crippen molar-refractivity contribution in [3.05, 3.63) is 77.6 Å². The lowest BCUT2D eigenvalue weighted by Crippen LogP contribution is -2.23. The number of aromatic nitrogens is 2. The van der Waals surface area contributed by atoms with E-state index < -0.39 is 12.1 Å². The second kappa shape index (κ2) is 12.2. The van der Waals surface area contributed by atoms with Crippen molar-refractivity contribution in [3.63, 3.8) is 0 Å². The number of alkyl halides is 3. The Kier molecular flexibility index (Phi) is 9.36. The summed E-state index contributed by atoms with van der Waals surface area (Å²) in [7, 11) is 0. The highest BCUT2D eigenvalue weighted by Crippen LogP contribution is 2.17. The van der Waals surface area contributed by atoms with Crippen LogP contribution in [0.5, 0.6) is 5.75 Å². The van der Waals surface area contributed by atoms with Crippen molar-refractivity contribution >= 4 is 11.9 Å². The van der Waals surface area contributed by atoms with Crippen LogP contribution in [-0.4, -0.2) is 39.7 Å². The molecule has 2 heterocycles. The molecule has 0 radical (unpaired) electrons. The van der Waals surface area contributed by atoms with E-state index in [0.29, 0.717) is 13.2 Å². The molecule has 0 saturated carbocycles. The number of halogens is 3. The van der Waals surface area contributed by atoms with Gasteiger partial charge in [0.25, 0.3) is 0 Å². The first-order chi connectivity index (χ1) is 16.0. The second-order valence-electron chi connectivity index (χ2n) is 7.06. The molecule has 180 valence electrons. The first-order valence-corrected chi connectivity index (χ1v) is 10.00. The molecule has 0 saturated heterocycles. The van der Waals surface area contributed by atoms with Crippen LogP contribution in [0.15, 0.2) is 65.9 Å². The molecule has 34 heavy (non-hydrogen) atoms. The highest BCUT2D eigenvalue weighted by atomic mass is 19.4. The number of rotatable bonds is 7. The number of aryl methyl sites for hydroxylation is 1. The Morgan fingerprint density at radius 1 is 0.971 bits per heavy atom. The van der Waals surface area contributed by atoms with Gasteiger partial charge in [0.05, 0.1) is 11.4 Å². The average molecular weight is 475 g/mol. The van der Waals surface area contributed by atoms with Crippen LogP contribution in [0.1, 0.15) is 16.7 Å². The van der Waals surface area contributed by atoms with Gasteiger partial charge in [-0.3, -0.25) is 15.0 Å². The zero-order valence-corrected chi connectivity index (χ0v) is 18.3. The third-order valence-corrected chi connectivity index (χ3v) is 4.26. The van der Waals surface area contributed by atoms with Gasteiger partial charge in [0.15, 0.2) is 5.96 Å². The lowest BCUT2D eigenvalue weighted by molar-refractivity contribution is -0.192. The van der Waals surface area contributed by atoms with Crippen molar-refractivity contribution in [1.82, 2.24) is 9.97 Å². The smallest absolute Gasteiger partial charge is 0.489 e. The Bertz CT molecular complexity index is 1080. The summed E-state index contributed by atoms with van der Waals surface area (Å²) in [5.74, 6) is -1.83. The first kappa shape index (κ1) is 26.1. The molecule has 11 heteroatoms. The van der Waals surface area contributed by atoms with Crippen molar-refractivity contribution in [2.24, 2.45) is 16.5 Å². The van der Waals surface area contributed by atoms with Gasteiger partial charge in [-0.25, -0.2) is 4.79 Å². The number of nitrogens with zero attached hydrogens (tertiary/aromatic N) is 3. The maximum absolute atomic E-state index is 10.6. The molecule has 2 aromatic heterocycles. The molecule has 0 atom stereocenters. The molecular weight excluding hydrogens is 451 g/mol. The molecule has 8 nitrogen and oxygen atoms in total. The van der Waals surface area contributed by atoms with Gasteiger partial charge in [0, 0.05) is 24.5 Å². The van der Waals surface area contributed by atoms with Gasteiger partial charge in [0.2, 0.25) is 0 Å². The minimum atomic E-state index is -5.08. The number of benzene rings is 1. The standard InChI is InChI=1S/C21H23N5O.C2HF3O2/c1-15-2-8-19(25-12-15)20-9-5-17(13-26-20)14-27-18-6-3-16(4-7-18)10-11-24-21(22)23;3-2(4,5)1(6)7/h2-9,12-13H,10-11,14H2,1H3,(H4,22,23,24);(H,6,7). The van der Waals surface area contributed by atoms with Crippen molar-refractivity contribution in [1.29, 1.82) is 0 Å². The van der Waals surface area contributed by atoms with E-state index in [1.807, 2.05) is 67.8 Å². The highest BCUT2D eigenvalue weighted by molar-refractivity contribution is 5.75. The number of guanidine groups is 1. The highest BCUT2D eigenvalue weighted by Gasteiger charge is 2.38.